The topological polar surface area (TPSA) is 49.7 Å². The van der Waals surface area contributed by atoms with Crippen molar-refractivity contribution < 1.29 is 19.2 Å². The lowest BCUT2D eigenvalue weighted by atomic mass is 9.79. The van der Waals surface area contributed by atoms with Gasteiger partial charge in [-0.25, -0.2) is 4.39 Å². The van der Waals surface area contributed by atoms with Crippen LogP contribution in [0, 0.1) is 5.82 Å². The van der Waals surface area contributed by atoms with E-state index in [0.29, 0.717) is 12.4 Å². The summed E-state index contributed by atoms with van der Waals surface area (Å²) in [5.41, 5.74) is 0.0434. The minimum atomic E-state index is -1.71. The lowest BCUT2D eigenvalue weighted by molar-refractivity contribution is 0.339. The summed E-state index contributed by atoms with van der Waals surface area (Å²) in [6, 6.07) is 3.61. The molecule has 1 aromatic carbocycles. The molecule has 0 heterocycles. The van der Waals surface area contributed by atoms with Crippen molar-refractivity contribution in [2.24, 2.45) is 0 Å². The first-order valence-electron chi connectivity index (χ1n) is 3.93. The summed E-state index contributed by atoms with van der Waals surface area (Å²) in [7, 11) is -1.71. The minimum Gasteiger partial charge on any atom is -0.494 e. The first kappa shape index (κ1) is 10.0. The van der Waals surface area contributed by atoms with Crippen LogP contribution in [0.25, 0.3) is 0 Å². The maximum Gasteiger partial charge on any atom is 0.492 e. The largest absolute Gasteiger partial charge is 0.494 e. The van der Waals surface area contributed by atoms with Crippen LogP contribution in [0.3, 0.4) is 0 Å². The van der Waals surface area contributed by atoms with E-state index in [-0.39, 0.29) is 5.46 Å². The first-order chi connectivity index (χ1) is 6.15. The molecule has 70 valence electrons. The number of hydrogen-bond acceptors (Lipinski definition) is 3. The fourth-order valence-electron chi connectivity index (χ4n) is 1.01. The number of halogens is 1. The van der Waals surface area contributed by atoms with E-state index < -0.39 is 12.9 Å². The van der Waals surface area contributed by atoms with E-state index in [0.717, 1.165) is 6.07 Å². The van der Waals surface area contributed by atoms with Gasteiger partial charge in [0.1, 0.15) is 11.6 Å². The van der Waals surface area contributed by atoms with Gasteiger partial charge in [-0.3, -0.25) is 0 Å². The molecule has 1 aromatic rings. The highest BCUT2D eigenvalue weighted by molar-refractivity contribution is 6.59. The molecule has 0 bridgehead atoms. The van der Waals surface area contributed by atoms with Crippen LogP contribution in [0.1, 0.15) is 6.92 Å². The number of hydrogen-bond donors (Lipinski definition) is 2. The molecule has 5 heteroatoms. The zero-order chi connectivity index (χ0) is 9.84. The quantitative estimate of drug-likeness (QED) is 0.645. The van der Waals surface area contributed by atoms with Crippen LogP contribution >= 0.6 is 0 Å². The van der Waals surface area contributed by atoms with Gasteiger partial charge in [0.25, 0.3) is 0 Å². The molecule has 0 saturated heterocycles. The summed E-state index contributed by atoms with van der Waals surface area (Å²) >= 11 is 0. The minimum absolute atomic E-state index is 0.0434. The second kappa shape index (κ2) is 4.25. The smallest absolute Gasteiger partial charge is 0.492 e. The van der Waals surface area contributed by atoms with Gasteiger partial charge in [-0.2, -0.15) is 0 Å². The molecule has 0 aliphatic rings. The Kier molecular flexibility index (Phi) is 3.28. The maximum absolute atomic E-state index is 12.7. The lowest BCUT2D eigenvalue weighted by Crippen LogP contribution is -2.31. The highest BCUT2D eigenvalue weighted by Gasteiger charge is 2.17. The number of ether oxygens (including phenoxy) is 1. The second-order valence-corrected chi connectivity index (χ2v) is 2.49. The molecule has 0 aliphatic heterocycles. The third-order valence-electron chi connectivity index (χ3n) is 1.55. The van der Waals surface area contributed by atoms with E-state index in [1.54, 1.807) is 6.92 Å². The van der Waals surface area contributed by atoms with E-state index in [9.17, 15) is 4.39 Å². The predicted molar refractivity (Wildman–Crippen MR) is 47.4 cm³/mol. The molecule has 2 N–H and O–H groups in total. The molecule has 0 spiro atoms. The van der Waals surface area contributed by atoms with Crippen LogP contribution in [0.2, 0.25) is 0 Å². The Balaban J connectivity index is 3.03. The Morgan fingerprint density at radius 2 is 2.15 bits per heavy atom. The summed E-state index contributed by atoms with van der Waals surface area (Å²) in [5.74, 6) is -0.231. The standard InChI is InChI=1S/C8H10BFO3/c1-2-13-8-4-3-6(10)5-7(8)9(11)12/h3-5,11-12H,2H2,1H3. The van der Waals surface area contributed by atoms with E-state index in [1.165, 1.54) is 12.1 Å². The molecular weight excluding hydrogens is 174 g/mol. The van der Waals surface area contributed by atoms with Gasteiger partial charge in [0.15, 0.2) is 0 Å². The molecule has 0 unspecified atom stereocenters. The van der Waals surface area contributed by atoms with Crippen molar-refractivity contribution in [2.45, 2.75) is 6.92 Å². The molecule has 0 saturated carbocycles. The van der Waals surface area contributed by atoms with Gasteiger partial charge in [0.05, 0.1) is 6.61 Å². The second-order valence-electron chi connectivity index (χ2n) is 2.49. The highest BCUT2D eigenvalue weighted by Crippen LogP contribution is 2.09. The zero-order valence-electron chi connectivity index (χ0n) is 7.20. The molecule has 13 heavy (non-hydrogen) atoms. The van der Waals surface area contributed by atoms with Crippen molar-refractivity contribution in [2.75, 3.05) is 6.61 Å². The van der Waals surface area contributed by atoms with E-state index >= 15 is 0 Å². The summed E-state index contributed by atoms with van der Waals surface area (Å²) in [6.07, 6.45) is 0. The lowest BCUT2D eigenvalue weighted by Gasteiger charge is -2.08. The van der Waals surface area contributed by atoms with Crippen LogP contribution in [-0.4, -0.2) is 23.8 Å². The van der Waals surface area contributed by atoms with Crippen molar-refractivity contribution in [3.63, 3.8) is 0 Å². The average Bonchev–Trinajstić information content (AvgIpc) is 2.08. The van der Waals surface area contributed by atoms with Gasteiger partial charge < -0.3 is 14.8 Å². The van der Waals surface area contributed by atoms with Gasteiger partial charge in [-0.1, -0.05) is 0 Å². The van der Waals surface area contributed by atoms with Crippen LogP contribution < -0.4 is 10.2 Å². The third kappa shape index (κ3) is 2.43. The van der Waals surface area contributed by atoms with E-state index in [4.69, 9.17) is 14.8 Å². The Labute approximate surface area is 75.9 Å². The Bertz CT molecular complexity index is 291. The van der Waals surface area contributed by atoms with Crippen LogP contribution in [0.15, 0.2) is 18.2 Å². The van der Waals surface area contributed by atoms with Crippen molar-refractivity contribution >= 4 is 12.6 Å². The molecule has 0 atom stereocenters. The SMILES string of the molecule is CCOc1ccc(F)cc1B(O)O. The molecule has 0 radical (unpaired) electrons. The molecular formula is C8H10BFO3. The van der Waals surface area contributed by atoms with Crippen LogP contribution in [0.4, 0.5) is 4.39 Å². The summed E-state index contributed by atoms with van der Waals surface area (Å²) < 4.78 is 17.7. The third-order valence-corrected chi connectivity index (χ3v) is 1.55. The fraction of sp³-hybridized carbons (Fsp3) is 0.250. The van der Waals surface area contributed by atoms with Crippen LogP contribution in [0.5, 0.6) is 5.75 Å². The molecule has 3 nitrogen and oxygen atoms in total. The average molecular weight is 184 g/mol. The molecule has 0 aromatic heterocycles. The Morgan fingerprint density at radius 3 is 2.69 bits per heavy atom. The normalized spacial score (nSPS) is 9.85. The van der Waals surface area contributed by atoms with Crippen LogP contribution in [-0.2, 0) is 0 Å². The Hall–Kier alpha value is -1.07. The molecule has 0 aliphatic carbocycles. The monoisotopic (exact) mass is 184 g/mol. The van der Waals surface area contributed by atoms with Crippen molar-refractivity contribution in [3.8, 4) is 5.75 Å². The zero-order valence-corrected chi connectivity index (χ0v) is 7.20. The first-order valence-corrected chi connectivity index (χ1v) is 3.93. The van der Waals surface area contributed by atoms with Gasteiger partial charge in [-0.05, 0) is 25.1 Å². The molecule has 0 amide bonds. The fourth-order valence-corrected chi connectivity index (χ4v) is 1.01. The van der Waals surface area contributed by atoms with Gasteiger partial charge in [0.2, 0.25) is 0 Å². The van der Waals surface area contributed by atoms with Gasteiger partial charge in [0, 0.05) is 5.46 Å². The van der Waals surface area contributed by atoms with E-state index in [2.05, 4.69) is 0 Å². The van der Waals surface area contributed by atoms with E-state index in [1.807, 2.05) is 0 Å². The summed E-state index contributed by atoms with van der Waals surface area (Å²) in [6.45, 7) is 2.16. The predicted octanol–water partition coefficient (Wildman–Crippen LogP) is -0.0958. The van der Waals surface area contributed by atoms with Gasteiger partial charge in [-0.15, -0.1) is 0 Å². The van der Waals surface area contributed by atoms with Crippen molar-refractivity contribution in [3.05, 3.63) is 24.0 Å². The number of benzene rings is 1. The van der Waals surface area contributed by atoms with Crippen molar-refractivity contribution in [1.82, 2.24) is 0 Å². The molecule has 0 fully saturated rings. The summed E-state index contributed by atoms with van der Waals surface area (Å²) in [4.78, 5) is 0. The van der Waals surface area contributed by atoms with Gasteiger partial charge >= 0.3 is 7.12 Å². The highest BCUT2D eigenvalue weighted by atomic mass is 19.1. The Morgan fingerprint density at radius 1 is 1.46 bits per heavy atom. The van der Waals surface area contributed by atoms with Crippen molar-refractivity contribution in [1.29, 1.82) is 0 Å². The molecule has 1 rings (SSSR count). The number of rotatable bonds is 3. The maximum atomic E-state index is 12.7. The summed E-state index contributed by atoms with van der Waals surface area (Å²) in [5, 5.41) is 17.7.